The molecule has 2 aliphatic rings. The predicted molar refractivity (Wildman–Crippen MR) is 151 cm³/mol. The molecule has 17 nitrogen and oxygen atoms in total. The van der Waals surface area contributed by atoms with Gasteiger partial charge in [-0.3, -0.25) is 14.5 Å². The van der Waals surface area contributed by atoms with Crippen LogP contribution in [0, 0.1) is 0 Å². The molecule has 2 aliphatic heterocycles. The van der Waals surface area contributed by atoms with Crippen molar-refractivity contribution >= 4 is 69.8 Å². The Balaban J connectivity index is 1.57. The summed E-state index contributed by atoms with van der Waals surface area (Å²) in [6, 6.07) is -1.11. The van der Waals surface area contributed by atoms with Crippen molar-refractivity contribution in [3.05, 3.63) is 34.9 Å². The smallest absolute Gasteiger partial charge is 0.352 e. The zero-order valence-corrected chi connectivity index (χ0v) is 24.3. The zero-order chi connectivity index (χ0) is 30.9. The second kappa shape index (κ2) is 11.8. The van der Waals surface area contributed by atoms with Gasteiger partial charge in [0.25, 0.3) is 11.8 Å². The van der Waals surface area contributed by atoms with Crippen molar-refractivity contribution < 1.29 is 38.9 Å². The Morgan fingerprint density at radius 2 is 2.05 bits per heavy atom. The Hall–Kier alpha value is -4.49. The highest BCUT2D eigenvalue weighted by Crippen LogP contribution is 2.40. The molecule has 1 fully saturated rings. The number of oxime groups is 1. The molecule has 0 radical (unpaired) electrons. The Morgan fingerprint density at radius 1 is 1.33 bits per heavy atom. The summed E-state index contributed by atoms with van der Waals surface area (Å²) in [6.45, 7) is 2.91. The first-order chi connectivity index (χ1) is 19.8. The number of aliphatic carboxylic acids is 2. The number of fused-ring (bicyclic) bond motifs is 1. The highest BCUT2D eigenvalue weighted by Gasteiger charge is 2.55. The maximum atomic E-state index is 13.2. The molecule has 42 heavy (non-hydrogen) atoms. The van der Waals surface area contributed by atoms with E-state index in [1.165, 1.54) is 25.6 Å². The fourth-order valence-corrected chi connectivity index (χ4v) is 5.81. The lowest BCUT2D eigenvalue weighted by Crippen LogP contribution is -2.71. The number of carboxylic acids is 2. The van der Waals surface area contributed by atoms with Gasteiger partial charge in [-0.1, -0.05) is 11.2 Å². The molecular formula is C23H29N10O7S2+. The average molecular weight is 622 g/mol. The molecular weight excluding hydrogens is 592 g/mol. The number of hydrogen-bond donors (Lipinski definition) is 6. The number of nitrogen functional groups attached to an aromatic ring is 2. The minimum atomic E-state index is -1.80. The van der Waals surface area contributed by atoms with Gasteiger partial charge in [-0.2, -0.15) is 9.36 Å². The summed E-state index contributed by atoms with van der Waals surface area (Å²) < 4.78 is 7.31. The fourth-order valence-electron chi connectivity index (χ4n) is 4.04. The lowest BCUT2D eigenvalue weighted by molar-refractivity contribution is -0.765. The van der Waals surface area contributed by atoms with Crippen molar-refractivity contribution in [2.45, 2.75) is 37.4 Å². The summed E-state index contributed by atoms with van der Waals surface area (Å²) in [5.74, 6) is -3.77. The molecule has 1 saturated heterocycles. The molecule has 0 aliphatic carbocycles. The van der Waals surface area contributed by atoms with Gasteiger partial charge in [-0.05, 0) is 19.9 Å². The third kappa shape index (κ3) is 5.78. The maximum absolute atomic E-state index is 13.2. The van der Waals surface area contributed by atoms with Gasteiger partial charge in [0.15, 0.2) is 17.5 Å². The summed E-state index contributed by atoms with van der Waals surface area (Å²) in [7, 11) is 1.72. The van der Waals surface area contributed by atoms with Crippen LogP contribution in [0.3, 0.4) is 0 Å². The average Bonchev–Trinajstić information content (AvgIpc) is 3.47. The van der Waals surface area contributed by atoms with E-state index in [-0.39, 0.29) is 29.0 Å². The number of nitrogens with two attached hydrogens (primary N) is 3. The van der Waals surface area contributed by atoms with Crippen molar-refractivity contribution in [2.24, 2.45) is 17.9 Å². The van der Waals surface area contributed by atoms with Crippen molar-refractivity contribution in [3.63, 3.8) is 0 Å². The van der Waals surface area contributed by atoms with E-state index >= 15 is 0 Å². The van der Waals surface area contributed by atoms with Crippen LogP contribution in [0.2, 0.25) is 0 Å². The molecule has 9 N–H and O–H groups in total. The fraction of sp³-hybridized carbons (Fsp3) is 0.391. The van der Waals surface area contributed by atoms with Crippen molar-refractivity contribution in [3.8, 4) is 0 Å². The third-order valence-corrected chi connectivity index (χ3v) is 8.27. The molecule has 0 unspecified atom stereocenters. The third-order valence-electron chi connectivity index (χ3n) is 6.39. The van der Waals surface area contributed by atoms with Gasteiger partial charge < -0.3 is 37.6 Å². The van der Waals surface area contributed by atoms with E-state index in [0.29, 0.717) is 23.5 Å². The Labute approximate surface area is 246 Å². The minimum Gasteiger partial charge on any atom is -0.478 e. The number of nitrogens with zero attached hydrogens (tertiary/aromatic N) is 6. The van der Waals surface area contributed by atoms with E-state index in [1.54, 1.807) is 34.8 Å². The van der Waals surface area contributed by atoms with Crippen molar-refractivity contribution in [1.29, 1.82) is 0 Å². The summed E-state index contributed by atoms with van der Waals surface area (Å²) in [5.41, 5.74) is 16.0. The Morgan fingerprint density at radius 3 is 2.64 bits per heavy atom. The number of rotatable bonds is 11. The SMILES string of the molecule is Cn1c(N)c(/C=C/CN)c[n+]1CC1=C(C(=O)O)N2C(=O)[C@@H](NC(=O)/C(=N\OC(C)(C)C(=O)O)c3nsc(N)n3)[C@H]2SC1. The van der Waals surface area contributed by atoms with Gasteiger partial charge in [-0.15, -0.1) is 21.1 Å². The van der Waals surface area contributed by atoms with Crippen LogP contribution in [0.5, 0.6) is 0 Å². The highest BCUT2D eigenvalue weighted by molar-refractivity contribution is 8.00. The largest absolute Gasteiger partial charge is 0.478 e. The zero-order valence-electron chi connectivity index (χ0n) is 22.7. The number of hydrogen-bond acceptors (Lipinski definition) is 13. The van der Waals surface area contributed by atoms with E-state index in [4.69, 9.17) is 22.0 Å². The number of nitrogens with one attached hydrogen (secondary N) is 1. The van der Waals surface area contributed by atoms with E-state index < -0.39 is 46.5 Å². The second-order valence-corrected chi connectivity index (χ2v) is 11.5. The van der Waals surface area contributed by atoms with Crippen molar-refractivity contribution in [2.75, 3.05) is 23.8 Å². The van der Waals surface area contributed by atoms with E-state index in [2.05, 4.69) is 19.8 Å². The molecule has 4 heterocycles. The standard InChI is InChI=1S/C23H28N10O7S2/c1-23(2,21(38)39)40-29-12(16-28-22(26)42-30-16)17(34)27-13-18(35)33-14(20(36)37)11(9-41-19(13)33)8-32-7-10(5-4-6-24)15(25)31(32)3/h4-5,7,13,19,25H,6,8-9,24H2,1-3H3,(H5,26,27,28,30,34,36,37,38,39)/p+1/b5-4+,29-12-/t13-,19-/m1/s1. The first-order valence-corrected chi connectivity index (χ1v) is 14.1. The van der Waals surface area contributed by atoms with E-state index in [1.807, 2.05) is 0 Å². The van der Waals surface area contributed by atoms with Crippen LogP contribution in [0.4, 0.5) is 10.9 Å². The van der Waals surface area contributed by atoms with Crippen LogP contribution in [0.15, 0.2) is 28.7 Å². The topological polar surface area (TPSA) is 258 Å². The number of carboxylic acid groups (broad SMARTS) is 2. The first-order valence-electron chi connectivity index (χ1n) is 12.3. The van der Waals surface area contributed by atoms with E-state index in [0.717, 1.165) is 16.4 Å². The molecule has 4 rings (SSSR count). The lowest BCUT2D eigenvalue weighted by atomic mass is 10.0. The number of anilines is 2. The molecule has 19 heteroatoms. The number of amides is 2. The summed E-state index contributed by atoms with van der Waals surface area (Å²) in [6.07, 6.45) is 5.25. The maximum Gasteiger partial charge on any atom is 0.352 e. The number of β-lactam (4-membered cyclic amide) rings is 1. The monoisotopic (exact) mass is 621 g/mol. The van der Waals surface area contributed by atoms with Crippen LogP contribution < -0.4 is 27.2 Å². The van der Waals surface area contributed by atoms with Crippen LogP contribution in [0.1, 0.15) is 25.2 Å². The van der Waals surface area contributed by atoms with E-state index in [9.17, 15) is 29.4 Å². The van der Waals surface area contributed by atoms with Crippen molar-refractivity contribution in [1.82, 2.24) is 24.3 Å². The number of aromatic nitrogens is 4. The van der Waals surface area contributed by atoms with Gasteiger partial charge >= 0.3 is 11.9 Å². The molecule has 0 spiro atoms. The summed E-state index contributed by atoms with van der Waals surface area (Å²) in [4.78, 5) is 60.2. The van der Waals surface area contributed by atoms with Gasteiger partial charge in [0.05, 0.1) is 12.6 Å². The van der Waals surface area contributed by atoms with Crippen LogP contribution in [-0.2, 0) is 37.6 Å². The number of thioether (sulfide) groups is 1. The molecule has 2 aromatic rings. The quantitative estimate of drug-likeness (QED) is 0.0710. The highest BCUT2D eigenvalue weighted by atomic mass is 32.2. The summed E-state index contributed by atoms with van der Waals surface area (Å²) >= 11 is 2.04. The van der Waals surface area contributed by atoms with Crippen LogP contribution in [-0.4, -0.2) is 87.9 Å². The first kappa shape index (κ1) is 30.5. The van der Waals surface area contributed by atoms with Gasteiger partial charge in [0.2, 0.25) is 23.3 Å². The molecule has 2 aromatic heterocycles. The predicted octanol–water partition coefficient (Wildman–Crippen LogP) is -1.68. The lowest BCUT2D eigenvalue weighted by Gasteiger charge is -2.49. The van der Waals surface area contributed by atoms with Gasteiger partial charge in [-0.25, -0.2) is 9.59 Å². The molecule has 0 saturated carbocycles. The minimum absolute atomic E-state index is 0.0147. The number of carbonyl (C=O) groups excluding carboxylic acids is 2. The number of carbonyl (C=O) groups is 4. The Bertz CT molecular complexity index is 1540. The summed E-state index contributed by atoms with van der Waals surface area (Å²) in [5, 5.41) is 24.8. The second-order valence-electron chi connectivity index (χ2n) is 9.65. The normalized spacial score (nSPS) is 19.1. The Kier molecular flexibility index (Phi) is 8.55. The molecule has 0 bridgehead atoms. The van der Waals surface area contributed by atoms with Crippen LogP contribution >= 0.6 is 23.3 Å². The van der Waals surface area contributed by atoms with Crippen LogP contribution in [0.25, 0.3) is 6.08 Å². The van der Waals surface area contributed by atoms with Gasteiger partial charge in [0.1, 0.15) is 17.1 Å². The molecule has 0 aromatic carbocycles. The molecule has 2 atom stereocenters. The van der Waals surface area contributed by atoms with Gasteiger partial charge in [0, 0.05) is 29.4 Å². The molecule has 224 valence electrons. The molecule has 2 amide bonds.